The number of hydrogen-bond donors (Lipinski definition) is 0. The van der Waals surface area contributed by atoms with Crippen LogP contribution in [0.15, 0.2) is 24.3 Å². The van der Waals surface area contributed by atoms with Crippen LogP contribution in [0.3, 0.4) is 0 Å². The van der Waals surface area contributed by atoms with Gasteiger partial charge in [-0.2, -0.15) is 0 Å². The Balaban J connectivity index is 0.000000354. The van der Waals surface area contributed by atoms with E-state index in [1.807, 2.05) is 0 Å². The molecule has 1 aromatic rings. The normalized spacial score (nSPS) is 8.75. The zero-order valence-electron chi connectivity index (χ0n) is 7.00. The van der Waals surface area contributed by atoms with Crippen LogP contribution < -0.4 is 5.30 Å². The van der Waals surface area contributed by atoms with Crippen molar-refractivity contribution < 1.29 is 19.2 Å². The summed E-state index contributed by atoms with van der Waals surface area (Å²) in [6.45, 7) is 2.16. The number of halogens is 1. The van der Waals surface area contributed by atoms with E-state index in [-0.39, 0.29) is 0 Å². The van der Waals surface area contributed by atoms with Crippen molar-refractivity contribution in [2.75, 3.05) is 4.35 Å². The minimum absolute atomic E-state index is 0.572. The number of benzene rings is 1. The van der Waals surface area contributed by atoms with Gasteiger partial charge in [-0.15, -0.1) is 9.24 Å². The molecule has 0 aliphatic rings. The molecular formula is C9H13ClPPd. The van der Waals surface area contributed by atoms with Crippen molar-refractivity contribution in [3.63, 3.8) is 0 Å². The Hall–Kier alpha value is 0.602. The fourth-order valence-corrected chi connectivity index (χ4v) is 0.946. The Bertz CT molecular complexity index is 198. The van der Waals surface area contributed by atoms with Gasteiger partial charge >= 0.3 is 35.2 Å². The molecule has 0 radical (unpaired) electrons. The predicted octanol–water partition coefficient (Wildman–Crippen LogP) is 2.48. The Labute approximate surface area is 92.7 Å². The molecule has 12 heavy (non-hydrogen) atoms. The summed E-state index contributed by atoms with van der Waals surface area (Å²) in [5, 5.41) is 1.26. The molecule has 0 saturated heterocycles. The Morgan fingerprint density at radius 2 is 1.75 bits per heavy atom. The zero-order chi connectivity index (χ0) is 9.40. The van der Waals surface area contributed by atoms with Crippen molar-refractivity contribution in [1.82, 2.24) is 0 Å². The summed E-state index contributed by atoms with van der Waals surface area (Å²) in [4.78, 5) is 0. The molecule has 0 heterocycles. The SMILES string of the molecule is CCc1ccc(P)cc1.Cl[CH2][Pd]. The molecule has 3 heteroatoms. The number of alkyl halides is 1. The third-order valence-corrected chi connectivity index (χ3v) is 1.77. The quantitative estimate of drug-likeness (QED) is 0.424. The maximum absolute atomic E-state index is 4.93. The van der Waals surface area contributed by atoms with E-state index in [0.29, 0.717) is 4.35 Å². The average Bonchev–Trinajstić information content (AvgIpc) is 2.07. The fraction of sp³-hybridized carbons (Fsp3) is 0.333. The van der Waals surface area contributed by atoms with Crippen LogP contribution in [0.4, 0.5) is 0 Å². The van der Waals surface area contributed by atoms with Crippen LogP contribution >= 0.6 is 20.8 Å². The van der Waals surface area contributed by atoms with Crippen molar-refractivity contribution in [3.8, 4) is 0 Å². The van der Waals surface area contributed by atoms with Crippen LogP contribution in [0, 0.1) is 0 Å². The van der Waals surface area contributed by atoms with Gasteiger partial charge in [-0.25, -0.2) is 0 Å². The average molecular weight is 294 g/mol. The van der Waals surface area contributed by atoms with E-state index >= 15 is 0 Å². The first-order valence-corrected chi connectivity index (χ1v) is 5.87. The number of rotatable bonds is 1. The second-order valence-electron chi connectivity index (χ2n) is 2.18. The molecule has 0 fully saturated rings. The number of aryl methyl sites for hydroxylation is 1. The second kappa shape index (κ2) is 8.21. The third kappa shape index (κ3) is 6.16. The Morgan fingerprint density at radius 3 is 2.08 bits per heavy atom. The van der Waals surface area contributed by atoms with Gasteiger partial charge < -0.3 is 0 Å². The van der Waals surface area contributed by atoms with Crippen molar-refractivity contribution >= 4 is 26.1 Å². The fourth-order valence-electron chi connectivity index (χ4n) is 0.753. The molecule has 1 rings (SSSR count). The first kappa shape index (κ1) is 12.6. The molecule has 0 aliphatic heterocycles. The van der Waals surface area contributed by atoms with E-state index < -0.39 is 0 Å². The van der Waals surface area contributed by atoms with Gasteiger partial charge in [0.05, 0.1) is 0 Å². The molecule has 0 N–H and O–H groups in total. The molecule has 71 valence electrons. The summed E-state index contributed by atoms with van der Waals surface area (Å²) in [7, 11) is 2.67. The Morgan fingerprint density at radius 1 is 1.33 bits per heavy atom. The molecule has 0 amide bonds. The van der Waals surface area contributed by atoms with Gasteiger partial charge in [-0.3, -0.25) is 0 Å². The van der Waals surface area contributed by atoms with E-state index in [1.54, 1.807) is 0 Å². The van der Waals surface area contributed by atoms with Gasteiger partial charge in [-0.1, -0.05) is 31.2 Å². The third-order valence-electron chi connectivity index (χ3n) is 1.39. The van der Waals surface area contributed by atoms with Gasteiger partial charge in [0.1, 0.15) is 0 Å². The molecule has 0 aromatic heterocycles. The molecule has 0 nitrogen and oxygen atoms in total. The van der Waals surface area contributed by atoms with E-state index in [9.17, 15) is 0 Å². The van der Waals surface area contributed by atoms with E-state index in [0.717, 1.165) is 6.42 Å². The van der Waals surface area contributed by atoms with Gasteiger partial charge in [-0.05, 0) is 17.3 Å². The van der Waals surface area contributed by atoms with Gasteiger partial charge in [0.2, 0.25) is 0 Å². The van der Waals surface area contributed by atoms with Crippen LogP contribution in [-0.2, 0) is 25.6 Å². The van der Waals surface area contributed by atoms with Crippen molar-refractivity contribution in [1.29, 1.82) is 0 Å². The van der Waals surface area contributed by atoms with Crippen LogP contribution in [-0.4, -0.2) is 4.35 Å². The van der Waals surface area contributed by atoms with E-state index in [2.05, 4.69) is 59.6 Å². The first-order chi connectivity index (χ1) is 5.74. The molecule has 1 unspecified atom stereocenters. The topological polar surface area (TPSA) is 0 Å². The van der Waals surface area contributed by atoms with Crippen LogP contribution in [0.25, 0.3) is 0 Å². The molecule has 1 atom stereocenters. The molecule has 0 saturated carbocycles. The maximum atomic E-state index is 4.93. The van der Waals surface area contributed by atoms with E-state index in [1.165, 1.54) is 10.9 Å². The molecule has 0 spiro atoms. The number of hydrogen-bond acceptors (Lipinski definition) is 0. The van der Waals surface area contributed by atoms with Crippen LogP contribution in [0.1, 0.15) is 12.5 Å². The summed E-state index contributed by atoms with van der Waals surface area (Å²) in [5.74, 6) is 0. The monoisotopic (exact) mass is 293 g/mol. The van der Waals surface area contributed by atoms with Crippen molar-refractivity contribution in [2.45, 2.75) is 13.3 Å². The predicted molar refractivity (Wildman–Crippen MR) is 55.9 cm³/mol. The van der Waals surface area contributed by atoms with Gasteiger partial charge in [0, 0.05) is 0 Å². The van der Waals surface area contributed by atoms with Gasteiger partial charge in [0.15, 0.2) is 0 Å². The molecule has 1 aromatic carbocycles. The minimum atomic E-state index is 0.572. The van der Waals surface area contributed by atoms with E-state index in [4.69, 9.17) is 11.6 Å². The zero-order valence-corrected chi connectivity index (χ0v) is 10.5. The van der Waals surface area contributed by atoms with Crippen molar-refractivity contribution in [3.05, 3.63) is 29.8 Å². The van der Waals surface area contributed by atoms with Crippen LogP contribution in [0.5, 0.6) is 0 Å². The van der Waals surface area contributed by atoms with Crippen LogP contribution in [0.2, 0.25) is 0 Å². The summed E-state index contributed by atoms with van der Waals surface area (Å²) < 4.78 is 0.572. The summed E-state index contributed by atoms with van der Waals surface area (Å²) >= 11 is 7.64. The van der Waals surface area contributed by atoms with Gasteiger partial charge in [0.25, 0.3) is 0 Å². The summed E-state index contributed by atoms with van der Waals surface area (Å²) in [5.41, 5.74) is 1.40. The molecule has 0 bridgehead atoms. The standard InChI is InChI=1S/C8H11P.CH2Cl.Pd/c1-2-7-3-5-8(9)6-4-7;1-2;/h3-6H,2,9H2,1H3;1H2;. The first-order valence-electron chi connectivity index (χ1n) is 3.66. The molecule has 0 aliphatic carbocycles. The summed E-state index contributed by atoms with van der Waals surface area (Å²) in [6, 6.07) is 8.54. The molecular weight excluding hydrogens is 281 g/mol. The Kier molecular flexibility index (Phi) is 8.62. The summed E-state index contributed by atoms with van der Waals surface area (Å²) in [6.07, 6.45) is 1.13. The van der Waals surface area contributed by atoms with Crippen molar-refractivity contribution in [2.24, 2.45) is 0 Å². The second-order valence-corrected chi connectivity index (χ2v) is 4.26.